The summed E-state index contributed by atoms with van der Waals surface area (Å²) in [5.41, 5.74) is 3.30. The van der Waals surface area contributed by atoms with Gasteiger partial charge in [-0.2, -0.15) is 0 Å². The molecule has 1 aliphatic heterocycles. The Labute approximate surface area is 147 Å². The molecule has 0 unspecified atom stereocenters. The van der Waals surface area contributed by atoms with Crippen molar-refractivity contribution < 1.29 is 4.74 Å². The average molecular weight is 337 g/mol. The molecule has 25 heavy (non-hydrogen) atoms. The molecule has 0 aromatic carbocycles. The van der Waals surface area contributed by atoms with E-state index in [1.807, 2.05) is 24.8 Å². The molecule has 0 bridgehead atoms. The number of hydrogen-bond donors (Lipinski definition) is 1. The summed E-state index contributed by atoms with van der Waals surface area (Å²) in [4.78, 5) is 16.8. The van der Waals surface area contributed by atoms with Crippen molar-refractivity contribution in [3.63, 3.8) is 0 Å². The lowest BCUT2D eigenvalue weighted by atomic mass is 9.95. The van der Waals surface area contributed by atoms with E-state index in [1.165, 1.54) is 5.56 Å². The number of imidazole rings is 2. The van der Waals surface area contributed by atoms with Gasteiger partial charge >= 0.3 is 0 Å². The van der Waals surface area contributed by atoms with E-state index >= 15 is 0 Å². The Bertz CT molecular complexity index is 839. The molecule has 3 aromatic heterocycles. The number of nitrogens with one attached hydrogen (secondary N) is 1. The monoisotopic (exact) mass is 337 g/mol. The maximum atomic E-state index is 5.82. The molecule has 0 radical (unpaired) electrons. The largest absolute Gasteiger partial charge is 0.379 e. The number of pyridine rings is 1. The van der Waals surface area contributed by atoms with Gasteiger partial charge in [-0.05, 0) is 31.0 Å². The first-order valence-corrected chi connectivity index (χ1v) is 8.81. The van der Waals surface area contributed by atoms with Crippen LogP contribution < -0.4 is 0 Å². The van der Waals surface area contributed by atoms with Gasteiger partial charge < -0.3 is 14.3 Å². The fourth-order valence-corrected chi connectivity index (χ4v) is 3.58. The van der Waals surface area contributed by atoms with Gasteiger partial charge in [-0.15, -0.1) is 0 Å². The minimum Gasteiger partial charge on any atom is -0.379 e. The van der Waals surface area contributed by atoms with Crippen molar-refractivity contribution in [1.29, 1.82) is 0 Å². The minimum absolute atomic E-state index is 0.270. The zero-order valence-corrected chi connectivity index (χ0v) is 14.6. The second-order valence-corrected chi connectivity index (χ2v) is 6.59. The maximum absolute atomic E-state index is 5.82. The summed E-state index contributed by atoms with van der Waals surface area (Å²) >= 11 is 0. The van der Waals surface area contributed by atoms with Crippen molar-refractivity contribution in [1.82, 2.24) is 24.5 Å². The predicted octanol–water partition coefficient (Wildman–Crippen LogP) is 2.97. The highest BCUT2D eigenvalue weighted by Gasteiger charge is 2.32. The Balaban J connectivity index is 1.63. The molecule has 0 amide bonds. The lowest BCUT2D eigenvalue weighted by Crippen LogP contribution is -2.20. The fourth-order valence-electron chi connectivity index (χ4n) is 3.58. The summed E-state index contributed by atoms with van der Waals surface area (Å²) in [5, 5.41) is 0. The van der Waals surface area contributed by atoms with Crippen LogP contribution in [-0.4, -0.2) is 37.7 Å². The van der Waals surface area contributed by atoms with E-state index < -0.39 is 0 Å². The van der Waals surface area contributed by atoms with Gasteiger partial charge in [0.05, 0.1) is 19.3 Å². The van der Waals surface area contributed by atoms with Crippen LogP contribution in [0.5, 0.6) is 0 Å². The predicted molar refractivity (Wildman–Crippen MR) is 95.2 cm³/mol. The first kappa shape index (κ1) is 16.0. The Kier molecular flexibility index (Phi) is 4.36. The Hall–Kier alpha value is -2.47. The number of H-pyrrole nitrogens is 1. The highest BCUT2D eigenvalue weighted by Crippen LogP contribution is 2.32. The van der Waals surface area contributed by atoms with Gasteiger partial charge in [0, 0.05) is 42.8 Å². The first-order valence-electron chi connectivity index (χ1n) is 8.81. The highest BCUT2D eigenvalue weighted by molar-refractivity contribution is 5.54. The fraction of sp³-hybridized carbons (Fsp3) is 0.421. The van der Waals surface area contributed by atoms with Crippen LogP contribution in [0.25, 0.3) is 11.5 Å². The van der Waals surface area contributed by atoms with Crippen LogP contribution in [0.3, 0.4) is 0 Å². The standard InChI is InChI=1S/C19H23N5O/c1-3-17-22-13(2)18(23-17)19-21-8-9-24(19)16-12-25-11-15(16)10-14-4-6-20-7-5-14/h4-9,15-16H,3,10-12H2,1-2H3,(H,22,23)/t15-,16+/m0/s1. The number of aryl methyl sites for hydroxylation is 2. The third-order valence-corrected chi connectivity index (χ3v) is 4.92. The van der Waals surface area contributed by atoms with E-state index in [0.29, 0.717) is 12.5 Å². The van der Waals surface area contributed by atoms with Gasteiger partial charge in [-0.25, -0.2) is 9.97 Å². The maximum Gasteiger partial charge on any atom is 0.160 e. The molecule has 6 nitrogen and oxygen atoms in total. The summed E-state index contributed by atoms with van der Waals surface area (Å²) in [6.45, 7) is 5.64. The van der Waals surface area contributed by atoms with Gasteiger partial charge in [0.25, 0.3) is 0 Å². The van der Waals surface area contributed by atoms with Gasteiger partial charge in [0.15, 0.2) is 5.82 Å². The molecular formula is C19H23N5O. The quantitative estimate of drug-likeness (QED) is 0.777. The Morgan fingerprint density at radius 2 is 2.08 bits per heavy atom. The molecule has 6 heteroatoms. The molecule has 2 atom stereocenters. The third kappa shape index (κ3) is 3.09. The first-order chi connectivity index (χ1) is 12.3. The van der Waals surface area contributed by atoms with E-state index in [0.717, 1.165) is 42.5 Å². The number of ether oxygens (including phenoxy) is 1. The Morgan fingerprint density at radius 3 is 2.84 bits per heavy atom. The molecule has 1 fully saturated rings. The summed E-state index contributed by atoms with van der Waals surface area (Å²) in [5.74, 6) is 2.34. The van der Waals surface area contributed by atoms with Crippen molar-refractivity contribution in [3.8, 4) is 11.5 Å². The molecule has 1 N–H and O–H groups in total. The second kappa shape index (κ2) is 6.80. The number of aromatic nitrogens is 5. The zero-order chi connectivity index (χ0) is 17.2. The van der Waals surface area contributed by atoms with Crippen molar-refractivity contribution in [2.75, 3.05) is 13.2 Å². The lowest BCUT2D eigenvalue weighted by Gasteiger charge is -2.21. The van der Waals surface area contributed by atoms with Crippen molar-refractivity contribution >= 4 is 0 Å². The topological polar surface area (TPSA) is 68.6 Å². The van der Waals surface area contributed by atoms with Gasteiger partial charge in [0.1, 0.15) is 11.5 Å². The van der Waals surface area contributed by atoms with Crippen LogP contribution in [0.15, 0.2) is 36.9 Å². The third-order valence-electron chi connectivity index (χ3n) is 4.92. The van der Waals surface area contributed by atoms with Crippen molar-refractivity contribution in [2.45, 2.75) is 32.7 Å². The van der Waals surface area contributed by atoms with Crippen LogP contribution in [-0.2, 0) is 17.6 Å². The zero-order valence-electron chi connectivity index (χ0n) is 14.6. The normalized spacial score (nSPS) is 20.2. The van der Waals surface area contributed by atoms with E-state index in [9.17, 15) is 0 Å². The number of nitrogens with zero attached hydrogens (tertiary/aromatic N) is 4. The smallest absolute Gasteiger partial charge is 0.160 e. The SMILES string of the molecule is CCc1nc(-c2nccn2[C@@H]2COC[C@@H]2Cc2ccncc2)c(C)[nH]1. The highest BCUT2D eigenvalue weighted by atomic mass is 16.5. The molecule has 1 aliphatic rings. The van der Waals surface area contributed by atoms with Crippen LogP contribution in [0.1, 0.15) is 30.0 Å². The summed E-state index contributed by atoms with van der Waals surface area (Å²) in [6, 6.07) is 4.43. The van der Waals surface area contributed by atoms with Crippen LogP contribution >= 0.6 is 0 Å². The molecule has 130 valence electrons. The van der Waals surface area contributed by atoms with E-state index in [-0.39, 0.29) is 6.04 Å². The van der Waals surface area contributed by atoms with Gasteiger partial charge in [0.2, 0.25) is 0 Å². The summed E-state index contributed by atoms with van der Waals surface area (Å²) in [7, 11) is 0. The molecule has 0 spiro atoms. The molecule has 4 heterocycles. The summed E-state index contributed by atoms with van der Waals surface area (Å²) in [6.07, 6.45) is 9.47. The van der Waals surface area contributed by atoms with E-state index in [4.69, 9.17) is 9.72 Å². The molecule has 4 rings (SSSR count). The lowest BCUT2D eigenvalue weighted by molar-refractivity contribution is 0.181. The molecule has 0 aliphatic carbocycles. The second-order valence-electron chi connectivity index (χ2n) is 6.59. The Morgan fingerprint density at radius 1 is 1.24 bits per heavy atom. The van der Waals surface area contributed by atoms with E-state index in [1.54, 1.807) is 0 Å². The molecule has 3 aromatic rings. The summed E-state index contributed by atoms with van der Waals surface area (Å²) < 4.78 is 8.06. The number of aromatic amines is 1. The molecule has 1 saturated heterocycles. The van der Waals surface area contributed by atoms with Crippen molar-refractivity contribution in [3.05, 3.63) is 54.0 Å². The number of rotatable bonds is 5. The van der Waals surface area contributed by atoms with E-state index in [2.05, 4.69) is 45.5 Å². The van der Waals surface area contributed by atoms with Gasteiger partial charge in [-0.1, -0.05) is 6.92 Å². The van der Waals surface area contributed by atoms with Gasteiger partial charge in [-0.3, -0.25) is 4.98 Å². The average Bonchev–Trinajstić information content (AvgIpc) is 3.34. The van der Waals surface area contributed by atoms with Crippen LogP contribution in [0, 0.1) is 12.8 Å². The minimum atomic E-state index is 0.270. The number of hydrogen-bond acceptors (Lipinski definition) is 4. The van der Waals surface area contributed by atoms with Crippen LogP contribution in [0.2, 0.25) is 0 Å². The van der Waals surface area contributed by atoms with Crippen molar-refractivity contribution in [2.24, 2.45) is 5.92 Å². The van der Waals surface area contributed by atoms with Crippen LogP contribution in [0.4, 0.5) is 0 Å². The molecule has 0 saturated carbocycles. The molecular weight excluding hydrogens is 314 g/mol.